The molecule has 0 heterocycles. The van der Waals surface area contributed by atoms with E-state index in [1.165, 1.54) is 44.9 Å². The van der Waals surface area contributed by atoms with Crippen LogP contribution in [0.15, 0.2) is 0 Å². The van der Waals surface area contributed by atoms with Gasteiger partial charge in [0.2, 0.25) is 0 Å². The van der Waals surface area contributed by atoms with Gasteiger partial charge in [0, 0.05) is 0 Å². The van der Waals surface area contributed by atoms with Crippen LogP contribution >= 0.6 is 0 Å². The number of rotatable bonds is 4. The lowest BCUT2D eigenvalue weighted by Crippen LogP contribution is -2.61. The summed E-state index contributed by atoms with van der Waals surface area (Å²) in [6.45, 7) is 0. The summed E-state index contributed by atoms with van der Waals surface area (Å²) >= 11 is 0. The molecule has 0 aromatic carbocycles. The lowest BCUT2D eigenvalue weighted by Gasteiger charge is -2.62. The van der Waals surface area contributed by atoms with Gasteiger partial charge in [-0.25, -0.2) is 0 Å². The maximum atomic E-state index is 14.2. The third-order valence-corrected chi connectivity index (χ3v) is 13.5. The molecule has 0 unspecified atom stereocenters. The highest BCUT2D eigenvalue weighted by Gasteiger charge is 2.66. The van der Waals surface area contributed by atoms with E-state index in [9.17, 15) is 9.59 Å². The Morgan fingerprint density at radius 2 is 0.694 bits per heavy atom. The van der Waals surface area contributed by atoms with Crippen molar-refractivity contribution in [1.82, 2.24) is 0 Å². The van der Waals surface area contributed by atoms with Gasteiger partial charge in [-0.05, 0) is 163 Å². The van der Waals surface area contributed by atoms with E-state index in [1.807, 2.05) is 0 Å². The van der Waals surface area contributed by atoms with Crippen molar-refractivity contribution in [1.29, 1.82) is 0 Å². The summed E-state index contributed by atoms with van der Waals surface area (Å²) in [5.74, 6) is 5.85. The Bertz CT molecular complexity index is 849. The van der Waals surface area contributed by atoms with Gasteiger partial charge in [-0.1, -0.05) is 0 Å². The lowest BCUT2D eigenvalue weighted by atomic mass is 9.44. The predicted molar refractivity (Wildman–Crippen MR) is 134 cm³/mol. The van der Waals surface area contributed by atoms with Crippen molar-refractivity contribution in [3.05, 3.63) is 0 Å². The molecule has 12 saturated carbocycles. The van der Waals surface area contributed by atoms with Crippen molar-refractivity contribution in [2.75, 3.05) is 0 Å². The fourth-order valence-electron chi connectivity index (χ4n) is 13.7. The number of carbonyl (C=O) groups excluding carboxylic acids is 2. The fraction of sp³-hybridized carbons (Fsp3) is 0.938. The fourth-order valence-corrected chi connectivity index (χ4v) is 13.7. The van der Waals surface area contributed by atoms with Crippen molar-refractivity contribution in [3.8, 4) is 0 Å². The highest BCUT2D eigenvalue weighted by molar-refractivity contribution is 5.83. The highest BCUT2D eigenvalue weighted by Crippen LogP contribution is 2.68. The molecule has 0 aromatic rings. The first-order chi connectivity index (χ1) is 17.3. The van der Waals surface area contributed by atoms with Crippen LogP contribution in [0.25, 0.3) is 0 Å². The van der Waals surface area contributed by atoms with Gasteiger partial charge in [0.05, 0.1) is 10.8 Å². The maximum absolute atomic E-state index is 14.2. The Hall–Kier alpha value is -1.06. The van der Waals surface area contributed by atoms with Gasteiger partial charge < -0.3 is 9.47 Å². The van der Waals surface area contributed by atoms with Crippen LogP contribution in [0.4, 0.5) is 0 Å². The third kappa shape index (κ3) is 3.05. The first kappa shape index (κ1) is 21.8. The van der Waals surface area contributed by atoms with Crippen LogP contribution in [0, 0.1) is 58.2 Å². The Labute approximate surface area is 216 Å². The molecular weight excluding hydrogens is 448 g/mol. The van der Waals surface area contributed by atoms with Crippen molar-refractivity contribution in [2.24, 2.45) is 58.2 Å². The van der Waals surface area contributed by atoms with Crippen molar-refractivity contribution >= 4 is 11.9 Å². The van der Waals surface area contributed by atoms with Gasteiger partial charge in [-0.15, -0.1) is 0 Å². The molecule has 12 fully saturated rings. The average Bonchev–Trinajstić information content (AvgIpc) is 2.75. The van der Waals surface area contributed by atoms with Crippen LogP contribution in [-0.4, -0.2) is 23.1 Å². The SMILES string of the molecule is O=C(OC12CC3CC(CC(C3)C1)C2)C12CC3CC(C1)CC(C(=O)OC14CC5CC(CC(C5)C1)C4)(C3)C2. The van der Waals surface area contributed by atoms with Gasteiger partial charge in [-0.2, -0.15) is 0 Å². The van der Waals surface area contributed by atoms with Crippen molar-refractivity contribution < 1.29 is 19.1 Å². The Kier molecular flexibility index (Phi) is 4.20. The second kappa shape index (κ2) is 6.92. The number of ether oxygens (including phenoxy) is 2. The number of carbonyl (C=O) groups is 2. The van der Waals surface area contributed by atoms with Crippen LogP contribution < -0.4 is 0 Å². The number of hydrogen-bond acceptors (Lipinski definition) is 4. The van der Waals surface area contributed by atoms with E-state index >= 15 is 0 Å². The molecule has 0 radical (unpaired) electrons. The standard InChI is InChI=1S/C32H44O4/c33-27(35-31-12-19-1-20(13-31)3-21(2-19)14-31)29-8-25-7-26(9-29)11-30(10-25,18-29)28(34)36-32-15-22-4-23(16-32)6-24(5-22)17-32/h19-26H,1-18H2. The smallest absolute Gasteiger partial charge is 0.312 e. The number of hydrogen-bond donors (Lipinski definition) is 0. The van der Waals surface area contributed by atoms with E-state index < -0.39 is 10.8 Å². The minimum Gasteiger partial charge on any atom is -0.459 e. The summed E-state index contributed by atoms with van der Waals surface area (Å²) in [6.07, 6.45) is 20.6. The molecule has 0 amide bonds. The number of esters is 2. The van der Waals surface area contributed by atoms with Gasteiger partial charge in [-0.3, -0.25) is 9.59 Å². The van der Waals surface area contributed by atoms with Crippen LogP contribution in [0.3, 0.4) is 0 Å². The van der Waals surface area contributed by atoms with Gasteiger partial charge in [0.25, 0.3) is 0 Å². The van der Waals surface area contributed by atoms with Gasteiger partial charge >= 0.3 is 11.9 Å². The zero-order valence-electron chi connectivity index (χ0n) is 22.0. The normalized spacial score (nSPS) is 58.9. The zero-order chi connectivity index (χ0) is 23.9. The summed E-state index contributed by atoms with van der Waals surface area (Å²) in [5.41, 5.74) is -1.20. The summed E-state index contributed by atoms with van der Waals surface area (Å²) in [7, 11) is 0. The molecule has 12 aliphatic carbocycles. The lowest BCUT2D eigenvalue weighted by molar-refractivity contribution is -0.226. The van der Waals surface area contributed by atoms with E-state index in [0.29, 0.717) is 18.3 Å². The topological polar surface area (TPSA) is 52.6 Å². The minimum absolute atomic E-state index is 0.0885. The van der Waals surface area contributed by atoms with E-state index in [4.69, 9.17) is 9.47 Å². The van der Waals surface area contributed by atoms with Crippen molar-refractivity contribution in [2.45, 2.75) is 127 Å². The Morgan fingerprint density at radius 1 is 0.417 bits per heavy atom. The molecule has 12 bridgehead atoms. The molecular formula is C32H44O4. The molecule has 0 saturated heterocycles. The van der Waals surface area contributed by atoms with E-state index in [1.54, 1.807) is 0 Å². The molecule has 0 aromatic heterocycles. The molecule has 4 nitrogen and oxygen atoms in total. The third-order valence-electron chi connectivity index (χ3n) is 13.5. The monoisotopic (exact) mass is 492 g/mol. The first-order valence-electron chi connectivity index (χ1n) is 15.8. The van der Waals surface area contributed by atoms with Crippen LogP contribution in [0.2, 0.25) is 0 Å². The summed E-state index contributed by atoms with van der Waals surface area (Å²) in [4.78, 5) is 28.4. The van der Waals surface area contributed by atoms with Crippen molar-refractivity contribution in [3.63, 3.8) is 0 Å². The van der Waals surface area contributed by atoms with Gasteiger partial charge in [0.15, 0.2) is 0 Å². The van der Waals surface area contributed by atoms with E-state index in [0.717, 1.165) is 99.7 Å². The second-order valence-corrected chi connectivity index (χ2v) is 16.5. The highest BCUT2D eigenvalue weighted by atomic mass is 16.6. The maximum Gasteiger partial charge on any atom is 0.312 e. The molecule has 36 heavy (non-hydrogen) atoms. The molecule has 12 aliphatic rings. The Balaban J connectivity index is 0.978. The molecule has 196 valence electrons. The molecule has 0 spiro atoms. The van der Waals surface area contributed by atoms with E-state index in [-0.39, 0.29) is 23.1 Å². The molecule has 0 atom stereocenters. The first-order valence-corrected chi connectivity index (χ1v) is 15.8. The zero-order valence-corrected chi connectivity index (χ0v) is 22.0. The van der Waals surface area contributed by atoms with E-state index in [2.05, 4.69) is 0 Å². The largest absolute Gasteiger partial charge is 0.459 e. The summed E-state index contributed by atoms with van der Waals surface area (Å²) in [6, 6.07) is 0. The predicted octanol–water partition coefficient (Wildman–Crippen LogP) is 6.60. The summed E-state index contributed by atoms with van der Waals surface area (Å²) < 4.78 is 13.4. The quantitative estimate of drug-likeness (QED) is 0.415. The molecule has 0 N–H and O–H groups in total. The average molecular weight is 493 g/mol. The molecule has 0 aliphatic heterocycles. The second-order valence-electron chi connectivity index (χ2n) is 16.5. The molecule has 4 heteroatoms. The van der Waals surface area contributed by atoms with Crippen LogP contribution in [-0.2, 0) is 19.1 Å². The van der Waals surface area contributed by atoms with Crippen LogP contribution in [0.1, 0.15) is 116 Å². The summed E-state index contributed by atoms with van der Waals surface area (Å²) in [5, 5.41) is 0. The van der Waals surface area contributed by atoms with Gasteiger partial charge in [0.1, 0.15) is 11.2 Å². The molecule has 12 rings (SSSR count). The van der Waals surface area contributed by atoms with Crippen LogP contribution in [0.5, 0.6) is 0 Å². The Morgan fingerprint density at radius 3 is 1.00 bits per heavy atom. The minimum atomic E-state index is -0.423.